The summed E-state index contributed by atoms with van der Waals surface area (Å²) >= 11 is 6.45. The number of hydrogen-bond acceptors (Lipinski definition) is 3. The summed E-state index contributed by atoms with van der Waals surface area (Å²) in [4.78, 5) is 4.75. The van der Waals surface area contributed by atoms with Crippen LogP contribution in [0.3, 0.4) is 0 Å². The van der Waals surface area contributed by atoms with E-state index in [9.17, 15) is 0 Å². The molecule has 2 aromatic carbocycles. The van der Waals surface area contributed by atoms with E-state index < -0.39 is 0 Å². The molecule has 2 heterocycles. The summed E-state index contributed by atoms with van der Waals surface area (Å²) in [6, 6.07) is 18.3. The molecule has 136 valence electrons. The number of fused-ring (bicyclic) bond motifs is 1. The number of rotatable bonds is 4. The van der Waals surface area contributed by atoms with E-state index in [-0.39, 0.29) is 0 Å². The first-order valence-corrected chi connectivity index (χ1v) is 9.42. The molecule has 0 saturated heterocycles. The van der Waals surface area contributed by atoms with E-state index in [1.54, 1.807) is 0 Å². The van der Waals surface area contributed by atoms with Gasteiger partial charge in [-0.05, 0) is 44.0 Å². The smallest absolute Gasteiger partial charge is 0.165 e. The van der Waals surface area contributed by atoms with Gasteiger partial charge in [0.05, 0.1) is 11.3 Å². The van der Waals surface area contributed by atoms with E-state index in [2.05, 4.69) is 36.5 Å². The van der Waals surface area contributed by atoms with Crippen molar-refractivity contribution in [1.29, 1.82) is 0 Å². The lowest BCUT2D eigenvalue weighted by Gasteiger charge is -2.10. The Balaban J connectivity index is 1.85. The van der Waals surface area contributed by atoms with E-state index in [0.717, 1.165) is 46.1 Å². The molecule has 0 spiro atoms. The highest BCUT2D eigenvalue weighted by Gasteiger charge is 2.17. The zero-order chi connectivity index (χ0) is 19.0. The quantitative estimate of drug-likeness (QED) is 0.477. The number of halogens is 1. The van der Waals surface area contributed by atoms with Crippen molar-refractivity contribution in [2.75, 3.05) is 5.32 Å². The van der Waals surface area contributed by atoms with Gasteiger partial charge in [0.2, 0.25) is 0 Å². The highest BCUT2D eigenvalue weighted by atomic mass is 35.5. The van der Waals surface area contributed by atoms with Gasteiger partial charge in [-0.15, -0.1) is 0 Å². The van der Waals surface area contributed by atoms with Crippen LogP contribution in [-0.4, -0.2) is 14.6 Å². The molecule has 27 heavy (non-hydrogen) atoms. The summed E-state index contributed by atoms with van der Waals surface area (Å²) in [5, 5.41) is 8.91. The molecule has 0 aliphatic rings. The first kappa shape index (κ1) is 17.6. The second-order valence-corrected chi connectivity index (χ2v) is 7.04. The fourth-order valence-electron chi connectivity index (χ4n) is 3.28. The number of nitrogens with zero attached hydrogens (tertiary/aromatic N) is 3. The van der Waals surface area contributed by atoms with Crippen molar-refractivity contribution in [3.63, 3.8) is 0 Å². The molecular formula is C22H21ClN4. The Hall–Kier alpha value is -2.85. The summed E-state index contributed by atoms with van der Waals surface area (Å²) in [6.07, 6.45) is 1.03. The minimum Gasteiger partial charge on any atom is -0.340 e. The van der Waals surface area contributed by atoms with Crippen molar-refractivity contribution in [2.45, 2.75) is 27.2 Å². The molecule has 0 bridgehead atoms. The molecule has 0 saturated carbocycles. The lowest BCUT2D eigenvalue weighted by atomic mass is 10.1. The van der Waals surface area contributed by atoms with Gasteiger partial charge in [-0.2, -0.15) is 9.61 Å². The average molecular weight is 377 g/mol. The molecule has 4 aromatic rings. The van der Waals surface area contributed by atoms with Crippen LogP contribution in [0.4, 0.5) is 11.5 Å². The molecule has 0 unspecified atom stereocenters. The Kier molecular flexibility index (Phi) is 4.58. The number of aryl methyl sites for hydroxylation is 3. The average Bonchev–Trinajstić information content (AvgIpc) is 2.99. The first-order valence-electron chi connectivity index (χ1n) is 9.04. The zero-order valence-corrected chi connectivity index (χ0v) is 16.4. The number of benzene rings is 2. The van der Waals surface area contributed by atoms with Crippen molar-refractivity contribution in [2.24, 2.45) is 0 Å². The molecule has 2 aromatic heterocycles. The maximum atomic E-state index is 6.45. The van der Waals surface area contributed by atoms with Crippen LogP contribution in [0.25, 0.3) is 16.8 Å². The predicted octanol–water partition coefficient (Wildman–Crippen LogP) is 5.97. The normalized spacial score (nSPS) is 11.1. The molecule has 0 aliphatic heterocycles. The van der Waals surface area contributed by atoms with Gasteiger partial charge in [-0.25, -0.2) is 4.98 Å². The minimum atomic E-state index is 0.698. The monoisotopic (exact) mass is 376 g/mol. The van der Waals surface area contributed by atoms with Crippen molar-refractivity contribution in [1.82, 2.24) is 14.6 Å². The third kappa shape index (κ3) is 3.28. The zero-order valence-electron chi connectivity index (χ0n) is 15.6. The Morgan fingerprint density at radius 2 is 1.78 bits per heavy atom. The number of aromatic nitrogens is 3. The van der Waals surface area contributed by atoms with Gasteiger partial charge in [0.1, 0.15) is 5.82 Å². The number of hydrogen-bond donors (Lipinski definition) is 1. The molecule has 5 heteroatoms. The van der Waals surface area contributed by atoms with Crippen LogP contribution in [0.5, 0.6) is 0 Å². The summed E-state index contributed by atoms with van der Waals surface area (Å²) in [6.45, 7) is 6.13. The predicted molar refractivity (Wildman–Crippen MR) is 112 cm³/mol. The first-order chi connectivity index (χ1) is 13.1. The Labute approximate surface area is 163 Å². The maximum Gasteiger partial charge on any atom is 0.165 e. The molecular weight excluding hydrogens is 356 g/mol. The fraction of sp³-hybridized carbons (Fsp3) is 0.182. The van der Waals surface area contributed by atoms with Crippen molar-refractivity contribution >= 4 is 28.8 Å². The lowest BCUT2D eigenvalue weighted by Crippen LogP contribution is -2.02. The van der Waals surface area contributed by atoms with Crippen LogP contribution < -0.4 is 5.32 Å². The summed E-state index contributed by atoms with van der Waals surface area (Å²) in [7, 11) is 0. The van der Waals surface area contributed by atoms with E-state index in [4.69, 9.17) is 21.7 Å². The van der Waals surface area contributed by atoms with Crippen molar-refractivity contribution < 1.29 is 0 Å². The van der Waals surface area contributed by atoms with Crippen LogP contribution in [-0.2, 0) is 6.42 Å². The topological polar surface area (TPSA) is 42.2 Å². The standard InChI is InChI=1S/C22H21ClN4/c1-4-16-9-11-17(12-10-16)25-20-13-14(2)24-22-21(15(3)26-27(20)22)18-7-5-6-8-19(18)23/h5-13,25H,4H2,1-3H3. The second-order valence-electron chi connectivity index (χ2n) is 6.63. The Morgan fingerprint density at radius 1 is 1.04 bits per heavy atom. The Bertz CT molecular complexity index is 1110. The van der Waals surface area contributed by atoms with Gasteiger partial charge in [-0.3, -0.25) is 0 Å². The van der Waals surface area contributed by atoms with Crippen LogP contribution in [0, 0.1) is 13.8 Å². The summed E-state index contributed by atoms with van der Waals surface area (Å²) in [5.74, 6) is 0.878. The van der Waals surface area contributed by atoms with Crippen molar-refractivity contribution in [3.05, 3.63) is 76.6 Å². The molecule has 0 aliphatic carbocycles. The number of anilines is 2. The van der Waals surface area contributed by atoms with E-state index in [1.807, 2.05) is 48.7 Å². The van der Waals surface area contributed by atoms with Gasteiger partial charge in [-0.1, -0.05) is 48.9 Å². The fourth-order valence-corrected chi connectivity index (χ4v) is 3.51. The van der Waals surface area contributed by atoms with Gasteiger partial charge < -0.3 is 5.32 Å². The minimum absolute atomic E-state index is 0.698. The summed E-state index contributed by atoms with van der Waals surface area (Å²) < 4.78 is 1.86. The van der Waals surface area contributed by atoms with E-state index >= 15 is 0 Å². The van der Waals surface area contributed by atoms with Gasteiger partial charge in [0.15, 0.2) is 5.65 Å². The van der Waals surface area contributed by atoms with Crippen molar-refractivity contribution in [3.8, 4) is 11.1 Å². The van der Waals surface area contributed by atoms with E-state index in [1.165, 1.54) is 5.56 Å². The SMILES string of the molecule is CCc1ccc(Nc2cc(C)nc3c(-c4ccccc4Cl)c(C)nn23)cc1. The van der Waals surface area contributed by atoms with Gasteiger partial charge in [0.25, 0.3) is 0 Å². The van der Waals surface area contributed by atoms with Crippen LogP contribution in [0.1, 0.15) is 23.9 Å². The maximum absolute atomic E-state index is 6.45. The highest BCUT2D eigenvalue weighted by Crippen LogP contribution is 2.34. The highest BCUT2D eigenvalue weighted by molar-refractivity contribution is 6.33. The largest absolute Gasteiger partial charge is 0.340 e. The molecule has 1 N–H and O–H groups in total. The second kappa shape index (κ2) is 7.05. The lowest BCUT2D eigenvalue weighted by molar-refractivity contribution is 0.917. The Morgan fingerprint density at radius 3 is 2.48 bits per heavy atom. The molecule has 0 amide bonds. The number of nitrogens with one attached hydrogen (secondary N) is 1. The molecule has 4 rings (SSSR count). The molecule has 0 radical (unpaired) electrons. The molecule has 0 atom stereocenters. The van der Waals surface area contributed by atoms with Gasteiger partial charge >= 0.3 is 0 Å². The van der Waals surface area contributed by atoms with Gasteiger partial charge in [0, 0.05) is 28.0 Å². The van der Waals surface area contributed by atoms with E-state index in [0.29, 0.717) is 5.02 Å². The summed E-state index contributed by atoms with van der Waals surface area (Å²) in [5.41, 5.74) is 6.86. The molecule has 4 nitrogen and oxygen atoms in total. The van der Waals surface area contributed by atoms with Crippen LogP contribution >= 0.6 is 11.6 Å². The van der Waals surface area contributed by atoms with Crippen LogP contribution in [0.2, 0.25) is 5.02 Å². The van der Waals surface area contributed by atoms with Crippen LogP contribution in [0.15, 0.2) is 54.6 Å². The molecule has 0 fully saturated rings. The third-order valence-electron chi connectivity index (χ3n) is 4.67. The third-order valence-corrected chi connectivity index (χ3v) is 5.00.